The van der Waals surface area contributed by atoms with E-state index in [0.717, 1.165) is 10.0 Å². The maximum absolute atomic E-state index is 11.9. The normalized spacial score (nSPS) is 10.4. The minimum atomic E-state index is -0.870. The van der Waals surface area contributed by atoms with E-state index in [1.165, 1.54) is 6.21 Å². The molecule has 0 spiro atoms. The molecule has 2 aromatic carbocycles. The zero-order chi connectivity index (χ0) is 18.9. The first kappa shape index (κ1) is 19.4. The summed E-state index contributed by atoms with van der Waals surface area (Å²) in [7, 11) is 0. The van der Waals surface area contributed by atoms with Crippen LogP contribution in [-0.4, -0.2) is 24.6 Å². The Labute approximate surface area is 160 Å². The van der Waals surface area contributed by atoms with Gasteiger partial charge in [-0.25, -0.2) is 5.43 Å². The molecule has 0 aliphatic rings. The van der Waals surface area contributed by atoms with E-state index in [1.54, 1.807) is 30.3 Å². The number of hydrazone groups is 1. The molecule has 0 aromatic heterocycles. The SMILES string of the molecule is C=CCOc1ccc(Br)cc1/C=N/NC(=O)C(=O)Nc1ccc(C)cc1. The third-order valence-corrected chi connectivity index (χ3v) is 3.71. The van der Waals surface area contributed by atoms with Crippen LogP contribution in [0.4, 0.5) is 5.69 Å². The van der Waals surface area contributed by atoms with Gasteiger partial charge in [-0.1, -0.05) is 46.3 Å². The van der Waals surface area contributed by atoms with E-state index >= 15 is 0 Å². The first-order chi connectivity index (χ1) is 12.5. The molecule has 0 bridgehead atoms. The van der Waals surface area contributed by atoms with Crippen molar-refractivity contribution in [3.05, 3.63) is 70.7 Å². The van der Waals surface area contributed by atoms with Crippen molar-refractivity contribution in [1.82, 2.24) is 5.43 Å². The fourth-order valence-electron chi connectivity index (χ4n) is 1.94. The standard InChI is InChI=1S/C19H18BrN3O3/c1-3-10-26-17-9-6-15(20)11-14(17)12-21-23-19(25)18(24)22-16-7-4-13(2)5-8-16/h3-9,11-12H,1,10H2,2H3,(H,22,24)(H,23,25)/b21-12+. The number of hydrogen-bond acceptors (Lipinski definition) is 4. The Morgan fingerprint density at radius 1 is 1.19 bits per heavy atom. The van der Waals surface area contributed by atoms with Crippen molar-refractivity contribution in [3.8, 4) is 5.75 Å². The van der Waals surface area contributed by atoms with Gasteiger partial charge in [0.15, 0.2) is 0 Å². The van der Waals surface area contributed by atoms with Gasteiger partial charge >= 0.3 is 11.8 Å². The average Bonchev–Trinajstić information content (AvgIpc) is 2.62. The van der Waals surface area contributed by atoms with Crippen LogP contribution in [0.3, 0.4) is 0 Å². The molecule has 0 fully saturated rings. The molecule has 2 amide bonds. The minimum Gasteiger partial charge on any atom is -0.489 e. The van der Waals surface area contributed by atoms with Crippen LogP contribution in [0.2, 0.25) is 0 Å². The number of nitrogens with zero attached hydrogens (tertiary/aromatic N) is 1. The van der Waals surface area contributed by atoms with E-state index in [0.29, 0.717) is 23.6 Å². The van der Waals surface area contributed by atoms with Crippen LogP contribution >= 0.6 is 15.9 Å². The summed E-state index contributed by atoms with van der Waals surface area (Å²) in [5.74, 6) is -1.09. The van der Waals surface area contributed by atoms with Gasteiger partial charge in [0, 0.05) is 15.7 Å². The molecule has 0 atom stereocenters. The highest BCUT2D eigenvalue weighted by molar-refractivity contribution is 9.10. The largest absolute Gasteiger partial charge is 0.489 e. The topological polar surface area (TPSA) is 79.8 Å². The lowest BCUT2D eigenvalue weighted by atomic mass is 10.2. The highest BCUT2D eigenvalue weighted by Crippen LogP contribution is 2.21. The number of carbonyl (C=O) groups excluding carboxylic acids is 2. The molecular formula is C19H18BrN3O3. The fraction of sp³-hybridized carbons (Fsp3) is 0.105. The first-order valence-corrected chi connectivity index (χ1v) is 8.53. The van der Waals surface area contributed by atoms with Crippen LogP contribution in [0, 0.1) is 6.92 Å². The average molecular weight is 416 g/mol. The molecule has 134 valence electrons. The molecular weight excluding hydrogens is 398 g/mol. The summed E-state index contributed by atoms with van der Waals surface area (Å²) in [5.41, 5.74) is 4.42. The zero-order valence-electron chi connectivity index (χ0n) is 14.2. The molecule has 0 aliphatic carbocycles. The Morgan fingerprint density at radius 2 is 1.92 bits per heavy atom. The van der Waals surface area contributed by atoms with Gasteiger partial charge in [-0.2, -0.15) is 5.10 Å². The van der Waals surface area contributed by atoms with Crippen molar-refractivity contribution in [3.63, 3.8) is 0 Å². The van der Waals surface area contributed by atoms with Crippen molar-refractivity contribution in [2.75, 3.05) is 11.9 Å². The molecule has 0 aliphatic heterocycles. The number of carbonyl (C=O) groups is 2. The predicted octanol–water partition coefficient (Wildman–Crippen LogP) is 3.41. The third kappa shape index (κ3) is 5.86. The molecule has 0 saturated heterocycles. The number of rotatable bonds is 6. The monoisotopic (exact) mass is 415 g/mol. The Morgan fingerprint density at radius 3 is 2.62 bits per heavy atom. The second-order valence-corrected chi connectivity index (χ2v) is 6.22. The number of amides is 2. The van der Waals surface area contributed by atoms with Gasteiger partial charge in [-0.15, -0.1) is 0 Å². The maximum Gasteiger partial charge on any atom is 0.329 e. The molecule has 0 heterocycles. The second-order valence-electron chi connectivity index (χ2n) is 5.30. The quantitative estimate of drug-likeness (QED) is 0.328. The van der Waals surface area contributed by atoms with Gasteiger partial charge in [0.2, 0.25) is 0 Å². The van der Waals surface area contributed by atoms with Crippen LogP contribution in [-0.2, 0) is 9.59 Å². The first-order valence-electron chi connectivity index (χ1n) is 7.74. The number of hydrogen-bond donors (Lipinski definition) is 2. The lowest BCUT2D eigenvalue weighted by Gasteiger charge is -2.07. The van der Waals surface area contributed by atoms with E-state index in [4.69, 9.17) is 4.74 Å². The summed E-state index contributed by atoms with van der Waals surface area (Å²) in [5, 5.41) is 6.31. The summed E-state index contributed by atoms with van der Waals surface area (Å²) in [6.45, 7) is 5.87. The van der Waals surface area contributed by atoms with Crippen molar-refractivity contribution in [2.24, 2.45) is 5.10 Å². The number of ether oxygens (including phenoxy) is 1. The Hall–Kier alpha value is -2.93. The lowest BCUT2D eigenvalue weighted by Crippen LogP contribution is -2.32. The van der Waals surface area contributed by atoms with Crippen LogP contribution in [0.25, 0.3) is 0 Å². The van der Waals surface area contributed by atoms with Gasteiger partial charge < -0.3 is 10.1 Å². The van der Waals surface area contributed by atoms with E-state index in [9.17, 15) is 9.59 Å². The fourth-order valence-corrected chi connectivity index (χ4v) is 2.32. The number of halogens is 1. The van der Waals surface area contributed by atoms with Crippen LogP contribution < -0.4 is 15.5 Å². The number of nitrogens with one attached hydrogen (secondary N) is 2. The van der Waals surface area contributed by atoms with E-state index in [1.807, 2.05) is 25.1 Å². The van der Waals surface area contributed by atoms with Gasteiger partial charge in [0.1, 0.15) is 12.4 Å². The lowest BCUT2D eigenvalue weighted by molar-refractivity contribution is -0.136. The minimum absolute atomic E-state index is 0.341. The summed E-state index contributed by atoms with van der Waals surface area (Å²) < 4.78 is 6.34. The summed E-state index contributed by atoms with van der Waals surface area (Å²) in [6.07, 6.45) is 3.03. The van der Waals surface area contributed by atoms with Crippen molar-refractivity contribution < 1.29 is 14.3 Å². The molecule has 2 rings (SSSR count). The summed E-state index contributed by atoms with van der Waals surface area (Å²) >= 11 is 3.36. The van der Waals surface area contributed by atoms with Crippen molar-refractivity contribution >= 4 is 39.6 Å². The Kier molecular flexibility index (Phi) is 7.11. The number of benzene rings is 2. The molecule has 0 radical (unpaired) electrons. The Bertz CT molecular complexity index is 832. The molecule has 7 heteroatoms. The molecule has 6 nitrogen and oxygen atoms in total. The van der Waals surface area contributed by atoms with Crippen molar-refractivity contribution in [2.45, 2.75) is 6.92 Å². The Balaban J connectivity index is 1.97. The smallest absolute Gasteiger partial charge is 0.329 e. The summed E-state index contributed by atoms with van der Waals surface area (Å²) in [4.78, 5) is 23.7. The van der Waals surface area contributed by atoms with Crippen LogP contribution in [0.1, 0.15) is 11.1 Å². The van der Waals surface area contributed by atoms with Crippen LogP contribution in [0.15, 0.2) is 64.7 Å². The van der Waals surface area contributed by atoms with Gasteiger partial charge in [-0.3, -0.25) is 9.59 Å². The maximum atomic E-state index is 11.9. The number of anilines is 1. The van der Waals surface area contributed by atoms with E-state index in [-0.39, 0.29) is 0 Å². The van der Waals surface area contributed by atoms with Gasteiger partial charge in [-0.05, 0) is 37.3 Å². The molecule has 0 saturated carbocycles. The second kappa shape index (κ2) is 9.53. The third-order valence-electron chi connectivity index (χ3n) is 3.21. The molecule has 26 heavy (non-hydrogen) atoms. The highest BCUT2D eigenvalue weighted by Gasteiger charge is 2.12. The summed E-state index contributed by atoms with van der Waals surface area (Å²) in [6, 6.07) is 12.5. The predicted molar refractivity (Wildman–Crippen MR) is 105 cm³/mol. The van der Waals surface area contributed by atoms with Crippen LogP contribution in [0.5, 0.6) is 5.75 Å². The van der Waals surface area contributed by atoms with Gasteiger partial charge in [0.05, 0.1) is 6.21 Å². The van der Waals surface area contributed by atoms with Crippen molar-refractivity contribution in [1.29, 1.82) is 0 Å². The molecule has 0 unspecified atom stereocenters. The molecule has 2 N–H and O–H groups in total. The molecule has 2 aromatic rings. The highest BCUT2D eigenvalue weighted by atomic mass is 79.9. The van der Waals surface area contributed by atoms with Gasteiger partial charge in [0.25, 0.3) is 0 Å². The van der Waals surface area contributed by atoms with E-state index < -0.39 is 11.8 Å². The van der Waals surface area contributed by atoms with E-state index in [2.05, 4.69) is 38.4 Å². The zero-order valence-corrected chi connectivity index (χ0v) is 15.7. The number of aryl methyl sites for hydroxylation is 1.